The van der Waals surface area contributed by atoms with Gasteiger partial charge in [0.05, 0.1) is 18.9 Å². The Morgan fingerprint density at radius 2 is 1.95 bits per heavy atom. The van der Waals surface area contributed by atoms with Crippen molar-refractivity contribution in [3.63, 3.8) is 0 Å². The predicted molar refractivity (Wildman–Crippen MR) is 88.3 cm³/mol. The summed E-state index contributed by atoms with van der Waals surface area (Å²) in [5.41, 5.74) is 3.16. The number of rotatable bonds is 7. The second kappa shape index (κ2) is 8.03. The van der Waals surface area contributed by atoms with E-state index in [-0.39, 0.29) is 12.5 Å². The molecule has 0 unspecified atom stereocenters. The van der Waals surface area contributed by atoms with Gasteiger partial charge in [0.1, 0.15) is 6.61 Å². The van der Waals surface area contributed by atoms with Crippen LogP contribution in [0, 0.1) is 13.8 Å². The lowest BCUT2D eigenvalue weighted by Crippen LogP contribution is -2.19. The van der Waals surface area contributed by atoms with Crippen LogP contribution in [0.15, 0.2) is 24.3 Å². The summed E-state index contributed by atoms with van der Waals surface area (Å²) in [6, 6.07) is 8.18. The van der Waals surface area contributed by atoms with Gasteiger partial charge in [0, 0.05) is 17.6 Å². The van der Waals surface area contributed by atoms with Gasteiger partial charge in [0.15, 0.2) is 5.13 Å². The highest BCUT2D eigenvalue weighted by atomic mass is 32.1. The summed E-state index contributed by atoms with van der Waals surface area (Å²) in [6.45, 7) is 4.92. The number of aromatic nitrogens is 1. The molecule has 2 aromatic rings. The molecule has 1 heterocycles. The van der Waals surface area contributed by atoms with Crippen LogP contribution >= 0.6 is 11.3 Å². The van der Waals surface area contributed by atoms with Crippen molar-refractivity contribution in [3.05, 3.63) is 34.7 Å². The number of methoxy groups -OCH3 is 1. The lowest BCUT2D eigenvalue weighted by Gasteiger charge is -2.03. The topological polar surface area (TPSA) is 60.5 Å². The van der Waals surface area contributed by atoms with Gasteiger partial charge in [-0.15, -0.1) is 11.3 Å². The Morgan fingerprint density at radius 3 is 2.64 bits per heavy atom. The summed E-state index contributed by atoms with van der Waals surface area (Å²) < 4.78 is 10.0. The van der Waals surface area contributed by atoms with Crippen LogP contribution in [0.2, 0.25) is 0 Å². The number of ether oxygens (including phenoxy) is 2. The number of carbonyl (C=O) groups is 1. The summed E-state index contributed by atoms with van der Waals surface area (Å²) in [5, 5.41) is 3.35. The molecule has 0 atom stereocenters. The van der Waals surface area contributed by atoms with Gasteiger partial charge >= 0.3 is 0 Å². The predicted octanol–water partition coefficient (Wildman–Crippen LogP) is 3.03. The van der Waals surface area contributed by atoms with Crippen LogP contribution in [0.1, 0.15) is 10.4 Å². The van der Waals surface area contributed by atoms with Crippen molar-refractivity contribution >= 4 is 22.4 Å². The van der Waals surface area contributed by atoms with Crippen molar-refractivity contribution in [3.8, 4) is 11.3 Å². The molecule has 1 N–H and O–H groups in total. The first kappa shape index (κ1) is 16.6. The quantitative estimate of drug-likeness (QED) is 0.797. The second-order valence-electron chi connectivity index (χ2n) is 4.88. The maximum absolute atomic E-state index is 11.8. The first-order chi connectivity index (χ1) is 10.6. The van der Waals surface area contributed by atoms with Crippen LogP contribution in [0.25, 0.3) is 11.3 Å². The Kier molecular flexibility index (Phi) is 6.06. The molecule has 1 amide bonds. The van der Waals surface area contributed by atoms with E-state index in [2.05, 4.69) is 22.4 Å². The molecule has 0 radical (unpaired) electrons. The second-order valence-corrected chi connectivity index (χ2v) is 6.09. The summed E-state index contributed by atoms with van der Waals surface area (Å²) in [6.07, 6.45) is 0. The number of benzene rings is 1. The van der Waals surface area contributed by atoms with E-state index >= 15 is 0 Å². The molecule has 0 aliphatic carbocycles. The van der Waals surface area contributed by atoms with Gasteiger partial charge in [-0.3, -0.25) is 10.1 Å². The van der Waals surface area contributed by atoms with Crippen LogP contribution in [-0.2, 0) is 14.3 Å². The van der Waals surface area contributed by atoms with Crippen molar-refractivity contribution in [2.45, 2.75) is 13.8 Å². The highest BCUT2D eigenvalue weighted by Gasteiger charge is 2.12. The number of hydrogen-bond donors (Lipinski definition) is 1. The summed E-state index contributed by atoms with van der Waals surface area (Å²) in [4.78, 5) is 17.3. The van der Waals surface area contributed by atoms with Gasteiger partial charge in [-0.2, -0.15) is 0 Å². The number of thiazole rings is 1. The van der Waals surface area contributed by atoms with Crippen LogP contribution in [0.5, 0.6) is 0 Å². The fourth-order valence-electron chi connectivity index (χ4n) is 1.89. The Bertz CT molecular complexity index is 623. The molecule has 1 aromatic carbocycles. The Labute approximate surface area is 134 Å². The molecule has 5 nitrogen and oxygen atoms in total. The summed E-state index contributed by atoms with van der Waals surface area (Å²) in [5.74, 6) is -0.208. The van der Waals surface area contributed by atoms with Gasteiger partial charge in [0.2, 0.25) is 0 Å². The minimum Gasteiger partial charge on any atom is -0.382 e. The average Bonchev–Trinajstić information content (AvgIpc) is 2.85. The van der Waals surface area contributed by atoms with E-state index in [4.69, 9.17) is 9.47 Å². The van der Waals surface area contributed by atoms with Gasteiger partial charge in [-0.1, -0.05) is 29.8 Å². The number of amides is 1. The number of aryl methyl sites for hydroxylation is 2. The zero-order valence-electron chi connectivity index (χ0n) is 13.0. The van der Waals surface area contributed by atoms with Gasteiger partial charge in [0.25, 0.3) is 5.91 Å². The molecule has 0 bridgehead atoms. The van der Waals surface area contributed by atoms with Crippen molar-refractivity contribution in [2.24, 2.45) is 0 Å². The fourth-order valence-corrected chi connectivity index (χ4v) is 2.74. The van der Waals surface area contributed by atoms with Gasteiger partial charge < -0.3 is 9.47 Å². The van der Waals surface area contributed by atoms with E-state index in [0.29, 0.717) is 18.3 Å². The molecular weight excluding hydrogens is 300 g/mol. The third-order valence-corrected chi connectivity index (χ3v) is 3.92. The van der Waals surface area contributed by atoms with Crippen molar-refractivity contribution in [2.75, 3.05) is 32.2 Å². The molecule has 0 fully saturated rings. The third kappa shape index (κ3) is 4.62. The lowest BCUT2D eigenvalue weighted by atomic mass is 10.1. The zero-order chi connectivity index (χ0) is 15.9. The Balaban J connectivity index is 1.97. The first-order valence-corrected chi connectivity index (χ1v) is 7.83. The normalized spacial score (nSPS) is 10.7. The number of hydrogen-bond acceptors (Lipinski definition) is 5. The van der Waals surface area contributed by atoms with E-state index in [0.717, 1.165) is 16.1 Å². The molecule has 0 spiro atoms. The molecule has 0 saturated heterocycles. The zero-order valence-corrected chi connectivity index (χ0v) is 13.8. The monoisotopic (exact) mass is 320 g/mol. The Morgan fingerprint density at radius 1 is 1.23 bits per heavy atom. The highest BCUT2D eigenvalue weighted by Crippen LogP contribution is 2.30. The molecule has 2 rings (SSSR count). The minimum absolute atomic E-state index is 0.00184. The molecule has 1 aromatic heterocycles. The molecule has 0 aliphatic heterocycles. The van der Waals surface area contributed by atoms with Crippen molar-refractivity contribution in [1.82, 2.24) is 4.98 Å². The van der Waals surface area contributed by atoms with Gasteiger partial charge in [-0.05, 0) is 13.8 Å². The number of anilines is 1. The van der Waals surface area contributed by atoms with Crippen molar-refractivity contribution < 1.29 is 14.3 Å². The van der Waals surface area contributed by atoms with E-state index in [1.165, 1.54) is 16.9 Å². The molecule has 0 saturated carbocycles. The standard InChI is InChI=1S/C16H20N2O3S/c1-11-4-6-13(7-5-11)15-12(2)22-16(18-15)17-14(19)10-21-9-8-20-3/h4-7H,8-10H2,1-3H3,(H,17,18,19). The maximum Gasteiger partial charge on any atom is 0.252 e. The number of nitrogens with one attached hydrogen (secondary N) is 1. The van der Waals surface area contributed by atoms with Gasteiger partial charge in [-0.25, -0.2) is 4.98 Å². The van der Waals surface area contributed by atoms with E-state index in [1.54, 1.807) is 7.11 Å². The number of carbonyl (C=O) groups excluding carboxylic acids is 1. The molecule has 118 valence electrons. The summed E-state index contributed by atoms with van der Waals surface area (Å²) in [7, 11) is 1.59. The van der Waals surface area contributed by atoms with Crippen LogP contribution in [0.3, 0.4) is 0 Å². The van der Waals surface area contributed by atoms with Crippen LogP contribution in [0.4, 0.5) is 5.13 Å². The highest BCUT2D eigenvalue weighted by molar-refractivity contribution is 7.16. The number of nitrogens with zero attached hydrogens (tertiary/aromatic N) is 1. The SMILES string of the molecule is COCCOCC(=O)Nc1nc(-c2ccc(C)cc2)c(C)s1. The van der Waals surface area contributed by atoms with E-state index in [1.807, 2.05) is 26.0 Å². The lowest BCUT2D eigenvalue weighted by molar-refractivity contribution is -0.121. The van der Waals surface area contributed by atoms with E-state index < -0.39 is 0 Å². The van der Waals surface area contributed by atoms with Crippen molar-refractivity contribution in [1.29, 1.82) is 0 Å². The largest absolute Gasteiger partial charge is 0.382 e. The average molecular weight is 320 g/mol. The Hall–Kier alpha value is -1.76. The molecule has 0 aliphatic rings. The van der Waals surface area contributed by atoms with E-state index in [9.17, 15) is 4.79 Å². The third-order valence-electron chi connectivity index (χ3n) is 3.03. The molecule has 6 heteroatoms. The minimum atomic E-state index is -0.208. The fraction of sp³-hybridized carbons (Fsp3) is 0.375. The first-order valence-electron chi connectivity index (χ1n) is 7.01. The molecular formula is C16H20N2O3S. The maximum atomic E-state index is 11.8. The van der Waals surface area contributed by atoms with Crippen LogP contribution in [-0.4, -0.2) is 37.8 Å². The van der Waals surface area contributed by atoms with Crippen LogP contribution < -0.4 is 5.32 Å². The molecule has 22 heavy (non-hydrogen) atoms. The smallest absolute Gasteiger partial charge is 0.252 e. The summed E-state index contributed by atoms with van der Waals surface area (Å²) >= 11 is 1.46.